The Labute approximate surface area is 110 Å². The fourth-order valence-electron chi connectivity index (χ4n) is 1.68. The number of carbonyl (C=O) groups is 1. The zero-order valence-corrected chi connectivity index (χ0v) is 11.2. The molecule has 1 heterocycles. The Balaban J connectivity index is 2.91. The van der Waals surface area contributed by atoms with Crippen molar-refractivity contribution in [1.82, 2.24) is 9.47 Å². The zero-order valence-electron chi connectivity index (χ0n) is 10.4. The molecule has 0 saturated carbocycles. The summed E-state index contributed by atoms with van der Waals surface area (Å²) in [6, 6.07) is 1.30. The molecule has 0 radical (unpaired) electrons. The Morgan fingerprint density at radius 2 is 2.28 bits per heavy atom. The molecule has 0 aliphatic carbocycles. The fraction of sp³-hybridized carbons (Fsp3) is 0.545. The van der Waals surface area contributed by atoms with Crippen LogP contribution in [0.3, 0.4) is 0 Å². The number of aromatic nitrogens is 1. The number of hydrogen-bond acceptors (Lipinski definition) is 3. The highest BCUT2D eigenvalue weighted by Gasteiger charge is 2.21. The van der Waals surface area contributed by atoms with Gasteiger partial charge in [-0.05, 0) is 13.3 Å². The van der Waals surface area contributed by atoms with Gasteiger partial charge in [-0.1, -0.05) is 0 Å². The van der Waals surface area contributed by atoms with E-state index in [-0.39, 0.29) is 11.6 Å². The van der Waals surface area contributed by atoms with Crippen LogP contribution < -0.4 is 0 Å². The van der Waals surface area contributed by atoms with E-state index < -0.39 is 4.92 Å². The lowest BCUT2D eigenvalue weighted by Gasteiger charge is -2.20. The van der Waals surface area contributed by atoms with Crippen LogP contribution in [-0.2, 0) is 7.05 Å². The van der Waals surface area contributed by atoms with Crippen LogP contribution in [0, 0.1) is 10.1 Å². The maximum Gasteiger partial charge on any atom is 0.287 e. The molecule has 0 N–H and O–H groups in total. The fourth-order valence-corrected chi connectivity index (χ4v) is 1.79. The third-order valence-corrected chi connectivity index (χ3v) is 2.92. The minimum absolute atomic E-state index is 0.0748. The van der Waals surface area contributed by atoms with Crippen LogP contribution in [0.15, 0.2) is 12.3 Å². The smallest absolute Gasteiger partial charge is 0.287 e. The first-order valence-electron chi connectivity index (χ1n) is 5.67. The molecule has 0 aliphatic heterocycles. The normalized spacial score (nSPS) is 10.4. The van der Waals surface area contributed by atoms with Crippen molar-refractivity contribution < 1.29 is 9.72 Å². The molecule has 1 amide bonds. The van der Waals surface area contributed by atoms with Crippen molar-refractivity contribution in [3.05, 3.63) is 28.1 Å². The molecular formula is C11H16ClN3O3. The summed E-state index contributed by atoms with van der Waals surface area (Å²) in [5.41, 5.74) is 0.243. The number of alkyl halides is 1. The van der Waals surface area contributed by atoms with Crippen LogP contribution in [0.25, 0.3) is 0 Å². The Hall–Kier alpha value is -1.56. The Kier molecular flexibility index (Phi) is 5.15. The Bertz CT molecular complexity index is 445. The van der Waals surface area contributed by atoms with E-state index >= 15 is 0 Å². The van der Waals surface area contributed by atoms with Crippen molar-refractivity contribution in [2.75, 3.05) is 19.0 Å². The number of halogens is 1. The van der Waals surface area contributed by atoms with Crippen LogP contribution in [0.1, 0.15) is 23.8 Å². The molecule has 0 spiro atoms. The lowest BCUT2D eigenvalue weighted by Crippen LogP contribution is -2.33. The molecule has 0 saturated heterocycles. The molecule has 1 rings (SSSR count). The van der Waals surface area contributed by atoms with Gasteiger partial charge in [0, 0.05) is 32.1 Å². The highest BCUT2D eigenvalue weighted by molar-refractivity contribution is 6.17. The molecular weight excluding hydrogens is 258 g/mol. The quantitative estimate of drug-likeness (QED) is 0.452. The van der Waals surface area contributed by atoms with Crippen LogP contribution in [0.5, 0.6) is 0 Å². The van der Waals surface area contributed by atoms with Crippen molar-refractivity contribution >= 4 is 23.2 Å². The van der Waals surface area contributed by atoms with Gasteiger partial charge in [-0.15, -0.1) is 11.6 Å². The number of hydrogen-bond donors (Lipinski definition) is 0. The van der Waals surface area contributed by atoms with E-state index in [1.165, 1.54) is 16.8 Å². The van der Waals surface area contributed by atoms with Gasteiger partial charge in [-0.2, -0.15) is 0 Å². The first-order valence-corrected chi connectivity index (χ1v) is 6.20. The summed E-state index contributed by atoms with van der Waals surface area (Å²) in [4.78, 5) is 23.9. The van der Waals surface area contributed by atoms with Crippen molar-refractivity contribution in [1.29, 1.82) is 0 Å². The van der Waals surface area contributed by atoms with E-state index in [0.29, 0.717) is 31.1 Å². The molecule has 0 atom stereocenters. The number of nitrogens with zero attached hydrogens (tertiary/aromatic N) is 3. The number of nitro groups is 1. The molecule has 0 aromatic carbocycles. The topological polar surface area (TPSA) is 68.4 Å². The molecule has 18 heavy (non-hydrogen) atoms. The summed E-state index contributed by atoms with van der Waals surface area (Å²) in [7, 11) is 1.62. The summed E-state index contributed by atoms with van der Waals surface area (Å²) >= 11 is 5.60. The molecule has 0 bridgehead atoms. The van der Waals surface area contributed by atoms with Crippen LogP contribution in [-0.4, -0.2) is 39.3 Å². The van der Waals surface area contributed by atoms with Crippen molar-refractivity contribution in [2.24, 2.45) is 7.05 Å². The Morgan fingerprint density at radius 3 is 2.72 bits per heavy atom. The zero-order chi connectivity index (χ0) is 13.7. The molecule has 7 heteroatoms. The summed E-state index contributed by atoms with van der Waals surface area (Å²) in [6.07, 6.45) is 2.04. The SMILES string of the molecule is CCN(CCCCl)C(=O)c1cc([N+](=O)[O-])cn1C. The van der Waals surface area contributed by atoms with Gasteiger partial charge < -0.3 is 9.47 Å². The average molecular weight is 274 g/mol. The number of aryl methyl sites for hydroxylation is 1. The second-order valence-electron chi connectivity index (χ2n) is 3.88. The van der Waals surface area contributed by atoms with Gasteiger partial charge in [0.2, 0.25) is 0 Å². The predicted molar refractivity (Wildman–Crippen MR) is 69.0 cm³/mol. The van der Waals surface area contributed by atoms with Gasteiger partial charge in [-0.3, -0.25) is 14.9 Å². The van der Waals surface area contributed by atoms with Crippen LogP contribution in [0.2, 0.25) is 0 Å². The third-order valence-electron chi connectivity index (χ3n) is 2.65. The predicted octanol–water partition coefficient (Wildman–Crippen LogP) is 2.02. The van der Waals surface area contributed by atoms with E-state index in [1.807, 2.05) is 6.92 Å². The first-order chi connectivity index (χ1) is 8.51. The Morgan fingerprint density at radius 1 is 1.61 bits per heavy atom. The molecule has 0 aliphatic rings. The van der Waals surface area contributed by atoms with Gasteiger partial charge in [0.1, 0.15) is 5.69 Å². The van der Waals surface area contributed by atoms with Gasteiger partial charge in [0.25, 0.3) is 11.6 Å². The lowest BCUT2D eigenvalue weighted by molar-refractivity contribution is -0.384. The molecule has 1 aromatic rings. The van der Waals surface area contributed by atoms with Gasteiger partial charge in [0.15, 0.2) is 0 Å². The molecule has 0 fully saturated rings. The summed E-state index contributed by atoms with van der Waals surface area (Å²) in [5.74, 6) is 0.273. The average Bonchev–Trinajstić information content (AvgIpc) is 2.72. The van der Waals surface area contributed by atoms with E-state index in [9.17, 15) is 14.9 Å². The summed E-state index contributed by atoms with van der Waals surface area (Å²) < 4.78 is 1.48. The van der Waals surface area contributed by atoms with E-state index in [4.69, 9.17) is 11.6 Å². The third kappa shape index (κ3) is 3.22. The summed E-state index contributed by atoms with van der Waals surface area (Å²) in [6.45, 7) is 2.97. The van der Waals surface area contributed by atoms with Gasteiger partial charge >= 0.3 is 0 Å². The molecule has 0 unspecified atom stereocenters. The highest BCUT2D eigenvalue weighted by Crippen LogP contribution is 2.17. The van der Waals surface area contributed by atoms with E-state index in [0.717, 1.165) is 0 Å². The minimum Gasteiger partial charge on any atom is -0.340 e. The van der Waals surface area contributed by atoms with E-state index in [1.54, 1.807) is 11.9 Å². The molecule has 6 nitrogen and oxygen atoms in total. The minimum atomic E-state index is -0.508. The van der Waals surface area contributed by atoms with Gasteiger partial charge in [-0.25, -0.2) is 0 Å². The second-order valence-corrected chi connectivity index (χ2v) is 4.26. The summed E-state index contributed by atoms with van der Waals surface area (Å²) in [5, 5.41) is 10.7. The second kappa shape index (κ2) is 6.39. The first kappa shape index (κ1) is 14.5. The maximum atomic E-state index is 12.2. The maximum absolute atomic E-state index is 12.2. The van der Waals surface area contributed by atoms with Crippen molar-refractivity contribution in [3.63, 3.8) is 0 Å². The van der Waals surface area contributed by atoms with E-state index in [2.05, 4.69) is 0 Å². The monoisotopic (exact) mass is 273 g/mol. The number of rotatable bonds is 6. The highest BCUT2D eigenvalue weighted by atomic mass is 35.5. The number of amides is 1. The standard InChI is InChI=1S/C11H16ClN3O3/c1-3-14(6-4-5-12)11(16)10-7-9(15(17)18)8-13(10)2/h7-8H,3-6H2,1-2H3. The van der Waals surface area contributed by atoms with Gasteiger partial charge in [0.05, 0.1) is 11.1 Å². The molecule has 100 valence electrons. The lowest BCUT2D eigenvalue weighted by atomic mass is 10.3. The van der Waals surface area contributed by atoms with Crippen molar-refractivity contribution in [2.45, 2.75) is 13.3 Å². The van der Waals surface area contributed by atoms with Crippen LogP contribution >= 0.6 is 11.6 Å². The van der Waals surface area contributed by atoms with Crippen molar-refractivity contribution in [3.8, 4) is 0 Å². The number of carbonyl (C=O) groups excluding carboxylic acids is 1. The molecule has 1 aromatic heterocycles. The largest absolute Gasteiger partial charge is 0.340 e. The van der Waals surface area contributed by atoms with Crippen LogP contribution in [0.4, 0.5) is 5.69 Å².